The molecule has 2 aromatic heterocycles. The minimum absolute atomic E-state index is 0.324. The first-order valence-electron chi connectivity index (χ1n) is 11.5. The number of likely N-dealkylation sites (tertiary alicyclic amines) is 1. The van der Waals surface area contributed by atoms with Crippen molar-refractivity contribution in [2.24, 2.45) is 0 Å². The Morgan fingerprint density at radius 2 is 1.69 bits per heavy atom. The first-order valence-corrected chi connectivity index (χ1v) is 11.5. The maximum atomic E-state index is 12.7. The standard InChI is InChI=1S/C26H27F3N4O3/c1-17(36-18(2)34)33-13-11-25(35,12-14-33)21-6-3-19(4-7-21)20-5-10-24(31-15-20)32-22-8-9-23(30-16-22)26(27,28)29/h3-10,15-17,35H,11-14H2,1-2H3,(H,31,32). The molecule has 1 fully saturated rings. The van der Waals surface area contributed by atoms with Crippen LogP contribution < -0.4 is 5.32 Å². The lowest BCUT2D eigenvalue weighted by Crippen LogP contribution is -2.47. The van der Waals surface area contributed by atoms with Gasteiger partial charge in [-0.05, 0) is 55.2 Å². The van der Waals surface area contributed by atoms with Gasteiger partial charge in [0.05, 0.1) is 17.5 Å². The van der Waals surface area contributed by atoms with E-state index in [1.54, 1.807) is 12.3 Å². The number of carbonyl (C=O) groups is 1. The first-order chi connectivity index (χ1) is 17.0. The van der Waals surface area contributed by atoms with Gasteiger partial charge in [-0.25, -0.2) is 9.97 Å². The van der Waals surface area contributed by atoms with Crippen LogP contribution in [0, 0.1) is 0 Å². The number of hydrogen-bond acceptors (Lipinski definition) is 7. The molecule has 1 aromatic carbocycles. The van der Waals surface area contributed by atoms with Crippen LogP contribution in [0.1, 0.15) is 37.9 Å². The summed E-state index contributed by atoms with van der Waals surface area (Å²) in [5, 5.41) is 14.1. The number of nitrogens with zero attached hydrogens (tertiary/aromatic N) is 3. The fraction of sp³-hybridized carbons (Fsp3) is 0.346. The molecule has 0 amide bonds. The van der Waals surface area contributed by atoms with Crippen molar-refractivity contribution in [3.8, 4) is 11.1 Å². The number of ether oxygens (including phenoxy) is 1. The first kappa shape index (κ1) is 25.6. The van der Waals surface area contributed by atoms with E-state index in [0.717, 1.165) is 29.0 Å². The third kappa shape index (κ3) is 6.00. The predicted octanol–water partition coefficient (Wildman–Crippen LogP) is 5.10. The zero-order valence-corrected chi connectivity index (χ0v) is 19.9. The van der Waals surface area contributed by atoms with Crippen molar-refractivity contribution in [2.75, 3.05) is 18.4 Å². The molecule has 0 radical (unpaired) electrons. The fourth-order valence-corrected chi connectivity index (χ4v) is 4.26. The maximum absolute atomic E-state index is 12.7. The molecule has 0 saturated carbocycles. The zero-order chi connectivity index (χ0) is 25.9. The summed E-state index contributed by atoms with van der Waals surface area (Å²) >= 11 is 0. The quantitative estimate of drug-likeness (QED) is 0.456. The normalized spacial score (nSPS) is 16.8. The number of nitrogens with one attached hydrogen (secondary N) is 1. The Morgan fingerprint density at radius 1 is 1.03 bits per heavy atom. The van der Waals surface area contributed by atoms with E-state index < -0.39 is 17.5 Å². The number of piperidine rings is 1. The largest absolute Gasteiger partial charge is 0.447 e. The van der Waals surface area contributed by atoms with Gasteiger partial charge in [-0.15, -0.1) is 0 Å². The van der Waals surface area contributed by atoms with Gasteiger partial charge in [0.15, 0.2) is 6.23 Å². The number of benzene rings is 1. The molecule has 3 aromatic rings. The summed E-state index contributed by atoms with van der Waals surface area (Å²) in [5.41, 5.74) is 1.09. The highest BCUT2D eigenvalue weighted by atomic mass is 19.4. The third-order valence-electron chi connectivity index (χ3n) is 6.32. The molecule has 190 valence electrons. The summed E-state index contributed by atoms with van der Waals surface area (Å²) in [7, 11) is 0. The molecule has 10 heteroatoms. The van der Waals surface area contributed by atoms with Crippen LogP contribution in [-0.2, 0) is 21.3 Å². The van der Waals surface area contributed by atoms with Gasteiger partial charge in [-0.3, -0.25) is 9.69 Å². The highest BCUT2D eigenvalue weighted by molar-refractivity contribution is 5.66. The van der Waals surface area contributed by atoms with E-state index in [1.807, 2.05) is 42.2 Å². The molecule has 1 unspecified atom stereocenters. The molecule has 0 aliphatic carbocycles. The summed E-state index contributed by atoms with van der Waals surface area (Å²) < 4.78 is 43.2. The number of halogens is 3. The number of aliphatic hydroxyl groups is 1. The van der Waals surface area contributed by atoms with Crippen LogP contribution in [0.2, 0.25) is 0 Å². The van der Waals surface area contributed by atoms with Crippen LogP contribution in [0.5, 0.6) is 0 Å². The molecule has 1 aliphatic rings. The van der Waals surface area contributed by atoms with E-state index in [1.165, 1.54) is 13.0 Å². The number of alkyl halides is 3. The second-order valence-corrected chi connectivity index (χ2v) is 8.84. The molecule has 1 saturated heterocycles. The summed E-state index contributed by atoms with van der Waals surface area (Å²) in [6.45, 7) is 4.43. The third-order valence-corrected chi connectivity index (χ3v) is 6.32. The lowest BCUT2D eigenvalue weighted by atomic mass is 9.84. The molecule has 1 atom stereocenters. The van der Waals surface area contributed by atoms with E-state index in [2.05, 4.69) is 15.3 Å². The molecule has 4 rings (SSSR count). The predicted molar refractivity (Wildman–Crippen MR) is 128 cm³/mol. The van der Waals surface area contributed by atoms with Crippen molar-refractivity contribution in [2.45, 2.75) is 44.7 Å². The number of aromatic nitrogens is 2. The van der Waals surface area contributed by atoms with E-state index in [4.69, 9.17) is 4.74 Å². The molecule has 3 heterocycles. The van der Waals surface area contributed by atoms with Gasteiger partial charge in [0.2, 0.25) is 0 Å². The Balaban J connectivity index is 1.37. The summed E-state index contributed by atoms with van der Waals surface area (Å²) in [6, 6.07) is 13.4. The average molecular weight is 501 g/mol. The van der Waals surface area contributed by atoms with Gasteiger partial charge in [-0.1, -0.05) is 24.3 Å². The van der Waals surface area contributed by atoms with Gasteiger partial charge in [0.25, 0.3) is 0 Å². The van der Waals surface area contributed by atoms with E-state index in [-0.39, 0.29) is 12.2 Å². The molecule has 1 aliphatic heterocycles. The minimum atomic E-state index is -4.48. The number of carbonyl (C=O) groups excluding carboxylic acids is 1. The van der Waals surface area contributed by atoms with Crippen molar-refractivity contribution in [1.82, 2.24) is 14.9 Å². The summed E-state index contributed by atoms with van der Waals surface area (Å²) in [4.78, 5) is 21.0. The monoisotopic (exact) mass is 500 g/mol. The van der Waals surface area contributed by atoms with Crippen LogP contribution >= 0.6 is 0 Å². The van der Waals surface area contributed by atoms with E-state index in [9.17, 15) is 23.1 Å². The Labute approximate surface area is 207 Å². The number of esters is 1. The fourth-order valence-electron chi connectivity index (χ4n) is 4.26. The number of hydrogen-bond donors (Lipinski definition) is 2. The Kier molecular flexibility index (Phi) is 7.28. The zero-order valence-electron chi connectivity index (χ0n) is 19.9. The maximum Gasteiger partial charge on any atom is 0.433 e. The topological polar surface area (TPSA) is 87.6 Å². The van der Waals surface area contributed by atoms with Crippen molar-refractivity contribution in [3.63, 3.8) is 0 Å². The molecule has 0 bridgehead atoms. The van der Waals surface area contributed by atoms with Gasteiger partial charge in [-0.2, -0.15) is 13.2 Å². The van der Waals surface area contributed by atoms with E-state index in [0.29, 0.717) is 37.4 Å². The highest BCUT2D eigenvalue weighted by Crippen LogP contribution is 2.35. The van der Waals surface area contributed by atoms with Crippen LogP contribution in [0.3, 0.4) is 0 Å². The average Bonchev–Trinajstić information content (AvgIpc) is 2.84. The number of pyridine rings is 2. The van der Waals surface area contributed by atoms with Crippen LogP contribution in [0.4, 0.5) is 24.7 Å². The van der Waals surface area contributed by atoms with Gasteiger partial charge in [0, 0.05) is 31.8 Å². The Morgan fingerprint density at radius 3 is 2.22 bits per heavy atom. The Hall–Kier alpha value is -3.50. The van der Waals surface area contributed by atoms with Crippen LogP contribution in [0.15, 0.2) is 60.9 Å². The summed E-state index contributed by atoms with van der Waals surface area (Å²) in [5.74, 6) is 0.148. The second kappa shape index (κ2) is 10.2. The minimum Gasteiger partial charge on any atom is -0.447 e. The van der Waals surface area contributed by atoms with Gasteiger partial charge in [0.1, 0.15) is 11.5 Å². The van der Waals surface area contributed by atoms with Crippen molar-refractivity contribution in [1.29, 1.82) is 0 Å². The SMILES string of the molecule is CC(=O)OC(C)N1CCC(O)(c2ccc(-c3ccc(Nc4ccc(C(F)(F)F)nc4)nc3)cc2)CC1. The molecule has 36 heavy (non-hydrogen) atoms. The van der Waals surface area contributed by atoms with Crippen LogP contribution in [0.25, 0.3) is 11.1 Å². The van der Waals surface area contributed by atoms with Crippen molar-refractivity contribution >= 4 is 17.5 Å². The lowest BCUT2D eigenvalue weighted by molar-refractivity contribution is -0.158. The van der Waals surface area contributed by atoms with Gasteiger partial charge >= 0.3 is 12.1 Å². The smallest absolute Gasteiger partial charge is 0.433 e. The van der Waals surface area contributed by atoms with Gasteiger partial charge < -0.3 is 15.2 Å². The molecule has 7 nitrogen and oxygen atoms in total. The molecule has 0 spiro atoms. The number of anilines is 2. The molecule has 2 N–H and O–H groups in total. The highest BCUT2D eigenvalue weighted by Gasteiger charge is 2.36. The molecular formula is C26H27F3N4O3. The molecular weight excluding hydrogens is 473 g/mol. The van der Waals surface area contributed by atoms with E-state index >= 15 is 0 Å². The lowest BCUT2D eigenvalue weighted by Gasteiger charge is -2.40. The van der Waals surface area contributed by atoms with Crippen molar-refractivity contribution in [3.05, 3.63) is 72.2 Å². The Bertz CT molecular complexity index is 1180. The summed E-state index contributed by atoms with van der Waals surface area (Å²) in [6.07, 6.45) is -0.973. The van der Waals surface area contributed by atoms with Crippen LogP contribution in [-0.4, -0.2) is 45.3 Å². The second-order valence-electron chi connectivity index (χ2n) is 8.84. The number of rotatable bonds is 6. The van der Waals surface area contributed by atoms with Crippen molar-refractivity contribution < 1.29 is 27.8 Å².